The van der Waals surface area contributed by atoms with E-state index in [1.54, 1.807) is 36.4 Å². The van der Waals surface area contributed by atoms with Crippen molar-refractivity contribution in [3.63, 3.8) is 0 Å². The van der Waals surface area contributed by atoms with Crippen LogP contribution >= 0.6 is 0 Å². The van der Waals surface area contributed by atoms with Gasteiger partial charge in [0.25, 0.3) is 0 Å². The maximum Gasteiger partial charge on any atom is 0.302 e. The first-order valence-electron chi connectivity index (χ1n) is 17.2. The maximum atomic E-state index is 13.5. The molecule has 2 amide bonds. The molecule has 0 unspecified atom stereocenters. The third-order valence-corrected chi connectivity index (χ3v) is 9.25. The van der Waals surface area contributed by atoms with Gasteiger partial charge in [-0.05, 0) is 36.4 Å². The molecule has 0 aromatic heterocycles. The van der Waals surface area contributed by atoms with Crippen molar-refractivity contribution < 1.29 is 38.2 Å². The van der Waals surface area contributed by atoms with Crippen molar-refractivity contribution in [1.82, 2.24) is 19.6 Å². The molecule has 0 radical (unpaired) electrons. The first-order chi connectivity index (χ1) is 24.0. The number of amides is 2. The zero-order chi connectivity index (χ0) is 35.6. The predicted octanol–water partition coefficient (Wildman–Crippen LogP) is 1.48. The molecule has 2 N–H and O–H groups in total. The van der Waals surface area contributed by atoms with Gasteiger partial charge in [0.15, 0.2) is 11.6 Å². The lowest BCUT2D eigenvalue weighted by Crippen LogP contribution is -2.47. The van der Waals surface area contributed by atoms with Gasteiger partial charge in [-0.25, -0.2) is 0 Å². The molecule has 0 spiro atoms. The Bertz CT molecular complexity index is 1480. The largest absolute Gasteiger partial charge is 0.465 e. The van der Waals surface area contributed by atoms with Gasteiger partial charge in [0.1, 0.15) is 13.2 Å². The van der Waals surface area contributed by atoms with Gasteiger partial charge in [-0.3, -0.25) is 38.6 Å². The van der Waals surface area contributed by atoms with Crippen LogP contribution < -0.4 is 10.6 Å². The molecular weight excluding hydrogens is 644 g/mol. The second kappa shape index (κ2) is 17.4. The third kappa shape index (κ3) is 10.3. The van der Waals surface area contributed by atoms with Crippen LogP contribution in [0, 0.1) is 0 Å². The van der Waals surface area contributed by atoms with E-state index >= 15 is 0 Å². The number of ether oxygens (including phenoxy) is 2. The molecule has 14 nitrogen and oxygen atoms in total. The molecule has 1 aliphatic carbocycles. The molecule has 268 valence electrons. The van der Waals surface area contributed by atoms with Crippen molar-refractivity contribution in [2.45, 2.75) is 26.7 Å². The van der Waals surface area contributed by atoms with Gasteiger partial charge in [-0.1, -0.05) is 0 Å². The molecule has 2 aromatic rings. The lowest BCUT2D eigenvalue weighted by atomic mass is 9.83. The van der Waals surface area contributed by atoms with Crippen LogP contribution in [0.3, 0.4) is 0 Å². The average Bonchev–Trinajstić information content (AvgIpc) is 3.09. The number of hydrogen-bond donors (Lipinski definition) is 2. The zero-order valence-corrected chi connectivity index (χ0v) is 28.8. The molecule has 2 aliphatic heterocycles. The van der Waals surface area contributed by atoms with Gasteiger partial charge in [0, 0.05) is 139 Å². The number of rotatable bonds is 14. The number of piperazine rings is 2. The van der Waals surface area contributed by atoms with Crippen LogP contribution in [0.15, 0.2) is 36.4 Å². The SMILES string of the molecule is CC(=O)OCCN1CCN(CCC(=O)Nc2ccc3c(c2)C(=O)c2ccc(NC(=O)CCN4CCN(CCOC(C)=O)CC4)cc2C3=O)CC1. The monoisotopic (exact) mass is 690 g/mol. The van der Waals surface area contributed by atoms with Crippen LogP contribution in [0.4, 0.5) is 11.4 Å². The van der Waals surface area contributed by atoms with Crippen LogP contribution in [-0.4, -0.2) is 147 Å². The number of esters is 2. The second-order valence-electron chi connectivity index (χ2n) is 12.8. The van der Waals surface area contributed by atoms with Gasteiger partial charge in [-0.15, -0.1) is 0 Å². The summed E-state index contributed by atoms with van der Waals surface area (Å²) in [5, 5.41) is 5.72. The Morgan fingerprint density at radius 1 is 0.540 bits per heavy atom. The van der Waals surface area contributed by atoms with Gasteiger partial charge < -0.3 is 29.9 Å². The Morgan fingerprint density at radius 3 is 1.22 bits per heavy atom. The standard InChI is InChI=1S/C36H46N6O8/c1-25(43)49-21-19-41-15-11-39(12-16-41)9-7-33(45)37-27-3-5-29-31(23-27)35(47)30-6-4-28(24-32(30)36(29)48)38-34(46)8-10-40-13-17-42(18-14-40)20-22-50-26(2)44/h3-6,23-24H,7-22H2,1-2H3,(H,37,45)(H,38,46). The topological polar surface area (TPSA) is 158 Å². The number of carbonyl (C=O) groups is 6. The minimum Gasteiger partial charge on any atom is -0.465 e. The van der Waals surface area contributed by atoms with Gasteiger partial charge >= 0.3 is 11.9 Å². The molecule has 3 aliphatic rings. The fourth-order valence-corrected chi connectivity index (χ4v) is 6.38. The fraction of sp³-hybridized carbons (Fsp3) is 0.500. The van der Waals surface area contributed by atoms with Crippen molar-refractivity contribution in [3.8, 4) is 0 Å². The van der Waals surface area contributed by atoms with E-state index in [0.717, 1.165) is 52.4 Å². The molecule has 0 saturated carbocycles. The highest BCUT2D eigenvalue weighted by molar-refractivity contribution is 6.29. The molecule has 2 heterocycles. The van der Waals surface area contributed by atoms with E-state index in [0.29, 0.717) is 50.8 Å². The van der Waals surface area contributed by atoms with E-state index in [1.807, 2.05) is 0 Å². The summed E-state index contributed by atoms with van der Waals surface area (Å²) < 4.78 is 10.0. The van der Waals surface area contributed by atoms with Crippen molar-refractivity contribution in [2.24, 2.45) is 0 Å². The van der Waals surface area contributed by atoms with Crippen molar-refractivity contribution in [1.29, 1.82) is 0 Å². The lowest BCUT2D eigenvalue weighted by Gasteiger charge is -2.34. The minimum absolute atomic E-state index is 0.184. The molecular formula is C36H46N6O8. The fourth-order valence-electron chi connectivity index (χ4n) is 6.38. The van der Waals surface area contributed by atoms with Crippen LogP contribution in [0.25, 0.3) is 0 Å². The van der Waals surface area contributed by atoms with E-state index in [-0.39, 0.29) is 70.4 Å². The first-order valence-corrected chi connectivity index (χ1v) is 17.2. The zero-order valence-electron chi connectivity index (χ0n) is 28.8. The number of ketones is 2. The number of nitrogens with zero attached hydrogens (tertiary/aromatic N) is 4. The predicted molar refractivity (Wildman–Crippen MR) is 185 cm³/mol. The van der Waals surface area contributed by atoms with Gasteiger partial charge in [0.05, 0.1) is 0 Å². The summed E-state index contributed by atoms with van der Waals surface area (Å²) in [4.78, 5) is 83.2. The highest BCUT2D eigenvalue weighted by atomic mass is 16.5. The maximum absolute atomic E-state index is 13.5. The molecule has 0 atom stereocenters. The quantitative estimate of drug-likeness (QED) is 0.235. The number of benzene rings is 2. The van der Waals surface area contributed by atoms with Crippen LogP contribution in [-0.2, 0) is 28.7 Å². The summed E-state index contributed by atoms with van der Waals surface area (Å²) in [5.74, 6) is -1.57. The highest BCUT2D eigenvalue weighted by Crippen LogP contribution is 2.31. The summed E-state index contributed by atoms with van der Waals surface area (Å²) in [6.45, 7) is 12.7. The number of fused-ring (bicyclic) bond motifs is 2. The molecule has 0 bridgehead atoms. The van der Waals surface area contributed by atoms with E-state index in [9.17, 15) is 28.8 Å². The summed E-state index contributed by atoms with van der Waals surface area (Å²) in [6.07, 6.45) is 0.564. The third-order valence-electron chi connectivity index (χ3n) is 9.25. The molecule has 5 rings (SSSR count). The summed E-state index contributed by atoms with van der Waals surface area (Å²) in [5.41, 5.74) is 1.86. The number of nitrogens with one attached hydrogen (secondary N) is 2. The normalized spacial score (nSPS) is 17.1. The molecule has 14 heteroatoms. The van der Waals surface area contributed by atoms with Crippen molar-refractivity contribution >= 4 is 46.7 Å². The number of anilines is 2. The van der Waals surface area contributed by atoms with E-state index in [4.69, 9.17) is 9.47 Å². The van der Waals surface area contributed by atoms with E-state index in [2.05, 4.69) is 30.2 Å². The van der Waals surface area contributed by atoms with Crippen LogP contribution in [0.5, 0.6) is 0 Å². The number of carbonyl (C=O) groups excluding carboxylic acids is 6. The van der Waals surface area contributed by atoms with Crippen LogP contribution in [0.1, 0.15) is 58.5 Å². The number of hydrogen-bond acceptors (Lipinski definition) is 12. The van der Waals surface area contributed by atoms with E-state index in [1.165, 1.54) is 13.8 Å². The smallest absolute Gasteiger partial charge is 0.302 e. The minimum atomic E-state index is -0.317. The summed E-state index contributed by atoms with van der Waals surface area (Å²) in [7, 11) is 0. The summed E-state index contributed by atoms with van der Waals surface area (Å²) in [6, 6.07) is 9.47. The highest BCUT2D eigenvalue weighted by Gasteiger charge is 2.30. The Labute approximate surface area is 292 Å². The molecule has 50 heavy (non-hydrogen) atoms. The summed E-state index contributed by atoms with van der Waals surface area (Å²) >= 11 is 0. The lowest BCUT2D eigenvalue weighted by molar-refractivity contribution is -0.142. The van der Waals surface area contributed by atoms with E-state index < -0.39 is 0 Å². The Balaban J connectivity index is 1.07. The van der Waals surface area contributed by atoms with Crippen molar-refractivity contribution in [3.05, 3.63) is 58.7 Å². The van der Waals surface area contributed by atoms with Crippen LogP contribution in [0.2, 0.25) is 0 Å². The van der Waals surface area contributed by atoms with Crippen molar-refractivity contribution in [2.75, 3.05) is 102 Å². The van der Waals surface area contributed by atoms with Gasteiger partial charge in [-0.2, -0.15) is 0 Å². The second-order valence-corrected chi connectivity index (χ2v) is 12.8. The Morgan fingerprint density at radius 2 is 0.880 bits per heavy atom. The molecule has 2 aromatic carbocycles. The van der Waals surface area contributed by atoms with Gasteiger partial charge in [0.2, 0.25) is 11.8 Å². The molecule has 2 fully saturated rings. The molecule has 2 saturated heterocycles. The Hall–Kier alpha value is -4.50. The average molecular weight is 691 g/mol. The Kier molecular flexibility index (Phi) is 12.8. The first kappa shape index (κ1) is 36.8.